The normalized spacial score (nSPS) is 27.0. The summed E-state index contributed by atoms with van der Waals surface area (Å²) >= 11 is 0. The van der Waals surface area contributed by atoms with Crippen LogP contribution in [0.2, 0.25) is 0 Å². The molecule has 0 radical (unpaired) electrons. The Balaban J connectivity index is 2.52. The molecular formula is C15H27N3O2S. The number of primary sulfonamides is 1. The van der Waals surface area contributed by atoms with E-state index in [4.69, 9.17) is 5.14 Å². The summed E-state index contributed by atoms with van der Waals surface area (Å²) in [6.07, 6.45) is 4.59. The molecule has 21 heavy (non-hydrogen) atoms. The third-order valence-corrected chi connectivity index (χ3v) is 5.52. The lowest BCUT2D eigenvalue weighted by Crippen LogP contribution is -2.25. The Labute approximate surface area is 128 Å². The number of aromatic nitrogens is 2. The minimum absolute atomic E-state index is 0.262. The molecule has 1 saturated carbocycles. The lowest BCUT2D eigenvalue weighted by molar-refractivity contribution is 0.206. The highest BCUT2D eigenvalue weighted by atomic mass is 32.2. The first kappa shape index (κ1) is 16.5. The van der Waals surface area contributed by atoms with Gasteiger partial charge in [0.2, 0.25) is 10.0 Å². The lowest BCUT2D eigenvalue weighted by Gasteiger charge is -2.32. The van der Waals surface area contributed by atoms with Crippen LogP contribution in [0.3, 0.4) is 0 Å². The van der Waals surface area contributed by atoms with Gasteiger partial charge in [0.1, 0.15) is 4.90 Å². The van der Waals surface area contributed by atoms with Gasteiger partial charge in [0.05, 0.1) is 17.4 Å². The summed E-state index contributed by atoms with van der Waals surface area (Å²) in [6, 6.07) is 0.291. The topological polar surface area (TPSA) is 78.0 Å². The van der Waals surface area contributed by atoms with Crippen LogP contribution in [0.4, 0.5) is 0 Å². The van der Waals surface area contributed by atoms with E-state index in [2.05, 4.69) is 18.9 Å². The highest BCUT2D eigenvalue weighted by Gasteiger charge is 2.31. The Morgan fingerprint density at radius 3 is 2.14 bits per heavy atom. The molecule has 1 heterocycles. The monoisotopic (exact) mass is 313 g/mol. The van der Waals surface area contributed by atoms with E-state index in [0.717, 1.165) is 18.5 Å². The van der Waals surface area contributed by atoms with Crippen molar-refractivity contribution < 1.29 is 8.42 Å². The first-order chi connectivity index (χ1) is 9.77. The third kappa shape index (κ3) is 3.31. The number of hydrogen-bond acceptors (Lipinski definition) is 3. The molecule has 0 spiro atoms. The van der Waals surface area contributed by atoms with Gasteiger partial charge in [-0.1, -0.05) is 27.7 Å². The Kier molecular flexibility index (Phi) is 4.78. The minimum atomic E-state index is -3.72. The first-order valence-electron chi connectivity index (χ1n) is 7.90. The predicted octanol–water partition coefficient (Wildman–Crippen LogP) is 2.65. The molecule has 1 aromatic rings. The fourth-order valence-electron chi connectivity index (χ4n) is 3.79. The zero-order valence-electron chi connectivity index (χ0n) is 13.5. The van der Waals surface area contributed by atoms with Crippen molar-refractivity contribution in [2.45, 2.75) is 70.7 Å². The molecule has 1 aliphatic rings. The lowest BCUT2D eigenvalue weighted by atomic mass is 9.80. The van der Waals surface area contributed by atoms with Crippen LogP contribution in [-0.2, 0) is 22.9 Å². The van der Waals surface area contributed by atoms with Crippen LogP contribution in [0.15, 0.2) is 4.90 Å². The molecule has 2 unspecified atom stereocenters. The molecule has 2 atom stereocenters. The van der Waals surface area contributed by atoms with E-state index in [1.807, 2.05) is 18.5 Å². The van der Waals surface area contributed by atoms with Gasteiger partial charge in [-0.2, -0.15) is 5.10 Å². The van der Waals surface area contributed by atoms with Gasteiger partial charge in [0.25, 0.3) is 0 Å². The van der Waals surface area contributed by atoms with Crippen molar-refractivity contribution in [2.24, 2.45) is 17.0 Å². The largest absolute Gasteiger partial charge is 0.265 e. The molecule has 0 aliphatic heterocycles. The SMILES string of the molecule is CCc1nn(C2CC(C)CC(C)C2)c(CC)c1S(N)(=O)=O. The molecule has 2 N–H and O–H groups in total. The Bertz CT molecular complexity index is 597. The number of rotatable bonds is 4. The van der Waals surface area contributed by atoms with Gasteiger partial charge in [0, 0.05) is 0 Å². The smallest absolute Gasteiger partial charge is 0.241 e. The fourth-order valence-corrected chi connectivity index (χ4v) is 4.87. The van der Waals surface area contributed by atoms with Crippen LogP contribution in [0, 0.1) is 11.8 Å². The zero-order chi connectivity index (χ0) is 15.8. The second-order valence-corrected chi connectivity index (χ2v) is 7.99. The van der Waals surface area contributed by atoms with Gasteiger partial charge in [0.15, 0.2) is 0 Å². The Morgan fingerprint density at radius 1 is 1.14 bits per heavy atom. The fraction of sp³-hybridized carbons (Fsp3) is 0.800. The van der Waals surface area contributed by atoms with Gasteiger partial charge in [-0.05, 0) is 43.9 Å². The van der Waals surface area contributed by atoms with Gasteiger partial charge < -0.3 is 0 Å². The average Bonchev–Trinajstić information content (AvgIpc) is 2.75. The number of nitrogens with two attached hydrogens (primary N) is 1. The van der Waals surface area contributed by atoms with Crippen LogP contribution < -0.4 is 5.14 Å². The van der Waals surface area contributed by atoms with Crippen molar-refractivity contribution in [3.63, 3.8) is 0 Å². The summed E-state index contributed by atoms with van der Waals surface area (Å²) in [5, 5.41) is 10.0. The van der Waals surface area contributed by atoms with E-state index < -0.39 is 10.0 Å². The van der Waals surface area contributed by atoms with E-state index in [1.165, 1.54) is 6.42 Å². The summed E-state index contributed by atoms with van der Waals surface area (Å²) in [6.45, 7) is 8.42. The van der Waals surface area contributed by atoms with Gasteiger partial charge in [-0.3, -0.25) is 4.68 Å². The number of hydrogen-bond donors (Lipinski definition) is 1. The Hall–Kier alpha value is -0.880. The number of sulfonamides is 1. The maximum Gasteiger partial charge on any atom is 0.241 e. The van der Waals surface area contributed by atoms with Crippen molar-refractivity contribution in [1.82, 2.24) is 9.78 Å². The maximum absolute atomic E-state index is 11.9. The highest BCUT2D eigenvalue weighted by molar-refractivity contribution is 7.89. The van der Waals surface area contributed by atoms with E-state index in [1.54, 1.807) is 0 Å². The first-order valence-corrected chi connectivity index (χ1v) is 9.45. The van der Waals surface area contributed by atoms with Gasteiger partial charge in [-0.25, -0.2) is 13.6 Å². The van der Waals surface area contributed by atoms with Gasteiger partial charge in [-0.15, -0.1) is 0 Å². The zero-order valence-corrected chi connectivity index (χ0v) is 14.3. The van der Waals surface area contributed by atoms with Crippen LogP contribution in [0.5, 0.6) is 0 Å². The highest BCUT2D eigenvalue weighted by Crippen LogP contribution is 2.37. The molecule has 120 valence electrons. The standard InChI is InChI=1S/C15H27N3O2S/c1-5-13-15(21(16,19)20)14(6-2)18(17-13)12-8-10(3)7-11(4)9-12/h10-12H,5-9H2,1-4H3,(H2,16,19,20). The van der Waals surface area contributed by atoms with E-state index in [9.17, 15) is 8.42 Å². The minimum Gasteiger partial charge on any atom is -0.265 e. The molecule has 1 aromatic heterocycles. The average molecular weight is 313 g/mol. The summed E-state index contributed by atoms with van der Waals surface area (Å²) in [4.78, 5) is 0.262. The number of nitrogens with zero attached hydrogens (tertiary/aromatic N) is 2. The van der Waals surface area contributed by atoms with Crippen LogP contribution in [0.1, 0.15) is 64.4 Å². The van der Waals surface area contributed by atoms with Crippen molar-refractivity contribution >= 4 is 10.0 Å². The third-order valence-electron chi connectivity index (χ3n) is 4.48. The summed E-state index contributed by atoms with van der Waals surface area (Å²) in [5.74, 6) is 1.30. The Morgan fingerprint density at radius 2 is 1.71 bits per heavy atom. The molecule has 0 saturated heterocycles. The van der Waals surface area contributed by atoms with Crippen molar-refractivity contribution in [2.75, 3.05) is 0 Å². The van der Waals surface area contributed by atoms with Crippen molar-refractivity contribution in [3.8, 4) is 0 Å². The van der Waals surface area contributed by atoms with Gasteiger partial charge >= 0.3 is 0 Å². The molecule has 5 nitrogen and oxygen atoms in total. The van der Waals surface area contributed by atoms with Crippen molar-refractivity contribution in [1.29, 1.82) is 0 Å². The van der Waals surface area contributed by atoms with Crippen molar-refractivity contribution in [3.05, 3.63) is 11.4 Å². The van der Waals surface area contributed by atoms with Crippen LogP contribution >= 0.6 is 0 Å². The molecule has 1 fully saturated rings. The quantitative estimate of drug-likeness (QED) is 0.928. The molecule has 1 aliphatic carbocycles. The molecule has 6 heteroatoms. The molecule has 2 rings (SSSR count). The summed E-state index contributed by atoms with van der Waals surface area (Å²) < 4.78 is 25.8. The molecule has 0 bridgehead atoms. The predicted molar refractivity (Wildman–Crippen MR) is 83.6 cm³/mol. The number of aryl methyl sites for hydroxylation is 1. The van der Waals surface area contributed by atoms with Crippen LogP contribution in [0.25, 0.3) is 0 Å². The summed E-state index contributed by atoms with van der Waals surface area (Å²) in [7, 11) is -3.72. The maximum atomic E-state index is 11.9. The van der Waals surface area contributed by atoms with E-state index in [0.29, 0.717) is 36.4 Å². The molecule has 0 amide bonds. The van der Waals surface area contributed by atoms with E-state index >= 15 is 0 Å². The molecule has 0 aromatic carbocycles. The van der Waals surface area contributed by atoms with E-state index in [-0.39, 0.29) is 4.90 Å². The summed E-state index contributed by atoms with van der Waals surface area (Å²) in [5.41, 5.74) is 1.39. The van der Waals surface area contributed by atoms with Crippen LogP contribution in [-0.4, -0.2) is 18.2 Å². The molecular weight excluding hydrogens is 286 g/mol. The second kappa shape index (κ2) is 6.08. The second-order valence-electron chi connectivity index (χ2n) is 6.49.